The number of thioether (sulfide) groups is 1. The second-order valence-electron chi connectivity index (χ2n) is 12.6. The zero-order valence-electron chi connectivity index (χ0n) is 25.7. The first-order valence-electron chi connectivity index (χ1n) is 15.6. The molecule has 0 spiro atoms. The Morgan fingerprint density at radius 2 is 1.71 bits per heavy atom. The molecular weight excluding hydrogens is 680 g/mol. The summed E-state index contributed by atoms with van der Waals surface area (Å²) in [5.74, 6) is -1.67. The Labute approximate surface area is 285 Å². The van der Waals surface area contributed by atoms with Crippen molar-refractivity contribution in [1.29, 1.82) is 0 Å². The molecule has 3 fully saturated rings. The van der Waals surface area contributed by atoms with Crippen molar-refractivity contribution < 1.29 is 37.0 Å². The van der Waals surface area contributed by atoms with Crippen LogP contribution in [0, 0.1) is 29.6 Å². The van der Waals surface area contributed by atoms with Crippen molar-refractivity contribution in [2.24, 2.45) is 29.6 Å². The monoisotopic (exact) mass is 707 g/mol. The first-order chi connectivity index (χ1) is 23.5. The van der Waals surface area contributed by atoms with E-state index in [0.29, 0.717) is 11.4 Å². The highest BCUT2D eigenvalue weighted by Gasteiger charge is 2.69. The highest BCUT2D eigenvalue weighted by Crippen LogP contribution is 2.68. The summed E-state index contributed by atoms with van der Waals surface area (Å²) < 4.78 is 50.7. The zero-order chi connectivity index (χ0) is 34.2. The predicted octanol–water partition coefficient (Wildman–Crippen LogP) is 6.16. The third kappa shape index (κ3) is 5.23. The van der Waals surface area contributed by atoms with Gasteiger partial charge in [0.2, 0.25) is 11.8 Å². The molecule has 1 aromatic heterocycles. The molecule has 3 heterocycles. The molecule has 0 radical (unpaired) electrons. The summed E-state index contributed by atoms with van der Waals surface area (Å²) in [5, 5.41) is 3.20. The van der Waals surface area contributed by atoms with E-state index >= 15 is 0 Å². The van der Waals surface area contributed by atoms with Crippen LogP contribution in [0.15, 0.2) is 82.6 Å². The molecule has 9 nitrogen and oxygen atoms in total. The lowest BCUT2D eigenvalue weighted by Gasteiger charge is -2.43. The number of fused-ring (bicyclic) bond motifs is 9. The summed E-state index contributed by atoms with van der Waals surface area (Å²) in [7, 11) is 1.46. The molecule has 2 aliphatic heterocycles. The van der Waals surface area contributed by atoms with Gasteiger partial charge in [-0.05, 0) is 72.2 Å². The third-order valence-corrected chi connectivity index (χ3v) is 12.7. The molecule has 4 aliphatic rings. The van der Waals surface area contributed by atoms with Crippen LogP contribution in [-0.4, -0.2) is 41.7 Å². The smallest absolute Gasteiger partial charge is 0.416 e. The number of nitrogens with one attached hydrogen (secondary N) is 2. The summed E-state index contributed by atoms with van der Waals surface area (Å²) in [6, 6.07) is 18.6. The van der Waals surface area contributed by atoms with E-state index in [4.69, 9.17) is 9.47 Å². The fraction of sp³-hybridized carbons (Fsp3) is 0.314. The van der Waals surface area contributed by atoms with Gasteiger partial charge in [-0.2, -0.15) is 13.2 Å². The van der Waals surface area contributed by atoms with Crippen LogP contribution < -0.4 is 24.6 Å². The molecule has 3 aromatic carbocycles. The average molecular weight is 708 g/mol. The van der Waals surface area contributed by atoms with Gasteiger partial charge in [-0.3, -0.25) is 24.1 Å². The Balaban J connectivity index is 1.06. The number of ether oxygens (including phenoxy) is 2. The van der Waals surface area contributed by atoms with Gasteiger partial charge in [0.05, 0.1) is 35.2 Å². The van der Waals surface area contributed by atoms with Crippen molar-refractivity contribution in [1.82, 2.24) is 4.98 Å². The third-order valence-electron chi connectivity index (χ3n) is 10.1. The van der Waals surface area contributed by atoms with E-state index in [9.17, 15) is 32.3 Å². The lowest BCUT2D eigenvalue weighted by Crippen LogP contribution is -2.42. The summed E-state index contributed by atoms with van der Waals surface area (Å²) in [6.45, 7) is -0.485. The molecule has 8 rings (SSSR count). The fourth-order valence-electron chi connectivity index (χ4n) is 8.33. The van der Waals surface area contributed by atoms with Crippen LogP contribution in [-0.2, 0) is 20.6 Å². The van der Waals surface area contributed by atoms with Gasteiger partial charge in [0.15, 0.2) is 18.1 Å². The van der Waals surface area contributed by atoms with Gasteiger partial charge in [-0.15, -0.1) is 11.8 Å². The number of alkyl halides is 3. The minimum atomic E-state index is -4.55. The van der Waals surface area contributed by atoms with E-state index in [0.717, 1.165) is 45.4 Å². The van der Waals surface area contributed by atoms with E-state index in [2.05, 4.69) is 10.3 Å². The first kappa shape index (κ1) is 31.7. The van der Waals surface area contributed by atoms with Gasteiger partial charge in [0.25, 0.3) is 5.91 Å². The number of thiazole rings is 1. The second kappa shape index (κ2) is 11.8. The molecule has 6 unspecified atom stereocenters. The lowest BCUT2D eigenvalue weighted by atomic mass is 9.68. The van der Waals surface area contributed by atoms with Crippen LogP contribution in [0.1, 0.15) is 28.3 Å². The van der Waals surface area contributed by atoms with Crippen molar-refractivity contribution in [3.8, 4) is 11.5 Å². The Morgan fingerprint density at radius 3 is 2.45 bits per heavy atom. The number of rotatable bonds is 7. The van der Waals surface area contributed by atoms with Crippen LogP contribution in [0.2, 0.25) is 0 Å². The molecule has 49 heavy (non-hydrogen) atoms. The number of H-pyrrole nitrogens is 1. The van der Waals surface area contributed by atoms with E-state index < -0.39 is 36.1 Å². The minimum absolute atomic E-state index is 0.00272. The van der Waals surface area contributed by atoms with E-state index in [1.165, 1.54) is 24.1 Å². The van der Waals surface area contributed by atoms with Crippen molar-refractivity contribution in [2.45, 2.75) is 28.8 Å². The van der Waals surface area contributed by atoms with Gasteiger partial charge in [0, 0.05) is 21.7 Å². The van der Waals surface area contributed by atoms with Gasteiger partial charge >= 0.3 is 11.0 Å². The number of methoxy groups -OCH3 is 1. The highest BCUT2D eigenvalue weighted by molar-refractivity contribution is 8.00. The molecule has 14 heteroatoms. The maximum Gasteiger partial charge on any atom is 0.416 e. The summed E-state index contributed by atoms with van der Waals surface area (Å²) in [6.07, 6.45) is -3.81. The average Bonchev–Trinajstić information content (AvgIpc) is 3.82. The lowest BCUT2D eigenvalue weighted by molar-refractivity contribution is -0.137. The zero-order valence-corrected chi connectivity index (χ0v) is 27.4. The molecule has 2 saturated carbocycles. The van der Waals surface area contributed by atoms with Crippen LogP contribution in [0.3, 0.4) is 0 Å². The standard InChI is InChI=1S/C35H28F3N3O6S2/c1-46-23-12-16(10-11-22(23)47-15-24(42)39-18-7-5-6-17(13-18)35(36,37)38)25-26-20-14-21(29(26)48-31-30(25)49-34(45)40-31)28-27(20)32(43)41(33(28)44)19-8-3-2-4-9-19/h2-13,20-21,25-29H,14-15H2,1H3,(H,39,42)(H,40,45)/t20?,21?,25-,26?,27?,28?,29?/m1/s1. The van der Waals surface area contributed by atoms with Gasteiger partial charge in [0.1, 0.15) is 0 Å². The van der Waals surface area contributed by atoms with E-state index in [1.54, 1.807) is 36.0 Å². The van der Waals surface area contributed by atoms with Crippen LogP contribution in [0.25, 0.3) is 0 Å². The SMILES string of the molecule is COc1cc([C@H]2c3sc(=O)[nH]c3SC3C4CC(C5C(=O)N(c6ccccc6)C(=O)C45)C32)ccc1OCC(=O)Nc1cccc(C(F)(F)F)c1. The predicted molar refractivity (Wildman–Crippen MR) is 176 cm³/mol. The number of imide groups is 1. The first-order valence-corrected chi connectivity index (χ1v) is 17.3. The number of halogens is 3. The fourth-order valence-corrected chi connectivity index (χ4v) is 11.2. The topological polar surface area (TPSA) is 118 Å². The van der Waals surface area contributed by atoms with Crippen LogP contribution >= 0.6 is 23.1 Å². The molecule has 7 atom stereocenters. The van der Waals surface area contributed by atoms with Gasteiger partial charge < -0.3 is 19.8 Å². The molecule has 2 aliphatic carbocycles. The molecule has 3 amide bonds. The van der Waals surface area contributed by atoms with Crippen molar-refractivity contribution >= 4 is 52.2 Å². The summed E-state index contributed by atoms with van der Waals surface area (Å²) >= 11 is 2.74. The van der Waals surface area contributed by atoms with E-state index in [-0.39, 0.29) is 57.0 Å². The number of nitrogens with zero attached hydrogens (tertiary/aromatic N) is 1. The minimum Gasteiger partial charge on any atom is -0.493 e. The van der Waals surface area contributed by atoms with Gasteiger partial charge in [-0.1, -0.05) is 41.7 Å². The molecule has 1 saturated heterocycles. The van der Waals surface area contributed by atoms with Crippen LogP contribution in [0.5, 0.6) is 11.5 Å². The van der Waals surface area contributed by atoms with Crippen molar-refractivity contribution in [3.63, 3.8) is 0 Å². The number of benzene rings is 3. The Kier molecular flexibility index (Phi) is 7.63. The second-order valence-corrected chi connectivity index (χ2v) is 14.8. The molecular formula is C35H28F3N3O6S2. The van der Waals surface area contributed by atoms with E-state index in [1.807, 2.05) is 24.3 Å². The molecule has 4 aromatic rings. The number of carbonyl (C=O) groups is 3. The van der Waals surface area contributed by atoms with Gasteiger partial charge in [-0.25, -0.2) is 0 Å². The summed E-state index contributed by atoms with van der Waals surface area (Å²) in [4.78, 5) is 58.0. The number of carbonyl (C=O) groups excluding carboxylic acids is 3. The number of amides is 3. The Hall–Kier alpha value is -4.56. The largest absolute Gasteiger partial charge is 0.493 e. The highest BCUT2D eigenvalue weighted by atomic mass is 32.2. The number of aromatic amines is 1. The molecule has 252 valence electrons. The summed E-state index contributed by atoms with van der Waals surface area (Å²) in [5.41, 5.74) is 0.515. The Bertz CT molecular complexity index is 2050. The Morgan fingerprint density at radius 1 is 0.959 bits per heavy atom. The number of hydrogen-bond donors (Lipinski definition) is 2. The number of hydrogen-bond acceptors (Lipinski definition) is 8. The number of para-hydroxylation sites is 1. The van der Waals surface area contributed by atoms with Crippen LogP contribution in [0.4, 0.5) is 24.5 Å². The van der Waals surface area contributed by atoms with Crippen molar-refractivity contribution in [3.05, 3.63) is 98.5 Å². The molecule has 2 bridgehead atoms. The number of anilines is 2. The maximum atomic E-state index is 13.9. The number of aromatic nitrogens is 1. The van der Waals surface area contributed by atoms with Crippen molar-refractivity contribution in [2.75, 3.05) is 23.9 Å². The normalized spacial score (nSPS) is 26.7. The quantitative estimate of drug-likeness (QED) is 0.221. The maximum absolute atomic E-state index is 13.9. The molecule has 2 N–H and O–H groups in total.